The molecule has 0 saturated carbocycles. The average molecular weight is 594 g/mol. The van der Waals surface area contributed by atoms with E-state index in [1.165, 1.54) is 4.90 Å². The van der Waals surface area contributed by atoms with Gasteiger partial charge in [-0.2, -0.15) is 0 Å². The van der Waals surface area contributed by atoms with Crippen molar-refractivity contribution in [1.82, 2.24) is 4.90 Å². The Morgan fingerprint density at radius 1 is 1.21 bits per heavy atom. The molecule has 10 nitrogen and oxygen atoms in total. The average Bonchev–Trinajstić information content (AvgIpc) is 3.58. The minimum absolute atomic E-state index is 0.0528. The molecule has 2 aromatic rings. The normalized spacial score (nSPS) is 25.2. The molecule has 0 aliphatic carbocycles. The number of rotatable bonds is 10. The molecule has 5 rings (SSSR count). The Balaban J connectivity index is 1.53. The Kier molecular flexibility index (Phi) is 8.30. The van der Waals surface area contributed by atoms with E-state index < -0.39 is 37.6 Å². The van der Waals surface area contributed by atoms with Crippen molar-refractivity contribution >= 4 is 37.6 Å². The van der Waals surface area contributed by atoms with E-state index in [4.69, 9.17) is 9.47 Å². The van der Waals surface area contributed by atoms with Gasteiger partial charge in [-0.1, -0.05) is 43.3 Å². The third-order valence-corrected chi connectivity index (χ3v) is 11.2. The summed E-state index contributed by atoms with van der Waals surface area (Å²) in [5.74, 6) is -0.974. The monoisotopic (exact) mass is 593 g/mol. The second kappa shape index (κ2) is 11.6. The van der Waals surface area contributed by atoms with Crippen molar-refractivity contribution in [1.29, 1.82) is 0 Å². The number of carbonyl (C=O) groups excluding carboxylic acids is 3. The van der Waals surface area contributed by atoms with Crippen molar-refractivity contribution in [2.75, 3.05) is 42.6 Å². The van der Waals surface area contributed by atoms with E-state index in [0.29, 0.717) is 30.0 Å². The summed E-state index contributed by atoms with van der Waals surface area (Å²) < 4.78 is 11.9. The second-order valence-corrected chi connectivity index (χ2v) is 15.7. The summed E-state index contributed by atoms with van der Waals surface area (Å²) in [6.07, 6.45) is 0.398. The highest BCUT2D eigenvalue weighted by molar-refractivity contribution is 6.71. The lowest BCUT2D eigenvalue weighted by Gasteiger charge is -2.32. The molecule has 4 atom stereocenters. The Morgan fingerprint density at radius 2 is 1.95 bits per heavy atom. The van der Waals surface area contributed by atoms with E-state index in [1.807, 2.05) is 50.3 Å². The maximum absolute atomic E-state index is 14.3. The van der Waals surface area contributed by atoms with Crippen LogP contribution in [0.1, 0.15) is 24.5 Å². The van der Waals surface area contributed by atoms with Gasteiger partial charge >= 0.3 is 6.09 Å². The molecule has 0 radical (unpaired) electrons. The van der Waals surface area contributed by atoms with Crippen LogP contribution < -0.4 is 9.80 Å². The molecule has 224 valence electrons. The number of cyclic esters (lactones) is 1. The number of hydrogen-bond acceptors (Lipinski definition) is 7. The van der Waals surface area contributed by atoms with Gasteiger partial charge in [0.15, 0.2) is 13.9 Å². The Hall–Kier alpha value is -3.51. The van der Waals surface area contributed by atoms with Gasteiger partial charge < -0.3 is 29.2 Å². The number of aliphatic hydroxyl groups excluding tert-OH is 1. The van der Waals surface area contributed by atoms with Crippen LogP contribution in [0, 0.1) is 5.92 Å². The summed E-state index contributed by atoms with van der Waals surface area (Å²) >= 11 is 0. The predicted molar refractivity (Wildman–Crippen MR) is 160 cm³/mol. The summed E-state index contributed by atoms with van der Waals surface area (Å²) in [5.41, 5.74) is 0.869. The van der Waals surface area contributed by atoms with Crippen molar-refractivity contribution in [3.05, 3.63) is 72.3 Å². The first-order valence-electron chi connectivity index (χ1n) is 14.4. The fourth-order valence-corrected chi connectivity index (χ4v) is 9.44. The number of carbonyl (C=O) groups is 3. The van der Waals surface area contributed by atoms with E-state index >= 15 is 0 Å². The molecule has 2 saturated heterocycles. The fraction of sp³-hybridized carbons (Fsp3) is 0.452. The van der Waals surface area contributed by atoms with Crippen molar-refractivity contribution in [3.63, 3.8) is 0 Å². The van der Waals surface area contributed by atoms with Gasteiger partial charge in [0.25, 0.3) is 5.91 Å². The molecule has 0 bridgehead atoms. The smallest absolute Gasteiger partial charge is 0.414 e. The fourth-order valence-electron chi connectivity index (χ4n) is 6.89. The zero-order chi connectivity index (χ0) is 30.2. The maximum atomic E-state index is 14.3. The van der Waals surface area contributed by atoms with Gasteiger partial charge in [0.2, 0.25) is 5.91 Å². The minimum atomic E-state index is -3.00. The van der Waals surface area contributed by atoms with Crippen molar-refractivity contribution < 1.29 is 33.8 Å². The molecule has 1 spiro atoms. The SMILES string of the molecule is C=CCN1C(=O)[C@@]2(O[C@@H](CC(=O)N(CCO)Cc3ccccc3)[C@H]([Si](C)(C)O)[C@H]2C)c2cc(N3CCOC3=O)ccc21. The molecule has 0 aromatic heterocycles. The molecule has 2 fully saturated rings. The van der Waals surface area contributed by atoms with Crippen molar-refractivity contribution in [2.45, 2.75) is 50.2 Å². The van der Waals surface area contributed by atoms with E-state index in [-0.39, 0.29) is 44.5 Å². The van der Waals surface area contributed by atoms with Crippen LogP contribution in [-0.2, 0) is 31.2 Å². The highest BCUT2D eigenvalue weighted by Crippen LogP contribution is 2.60. The highest BCUT2D eigenvalue weighted by atomic mass is 28.4. The first kappa shape index (κ1) is 30.0. The van der Waals surface area contributed by atoms with Crippen LogP contribution in [0.3, 0.4) is 0 Å². The molecule has 3 amide bonds. The largest absolute Gasteiger partial charge is 0.447 e. The molecule has 42 heavy (non-hydrogen) atoms. The van der Waals surface area contributed by atoms with Crippen LogP contribution in [0.25, 0.3) is 0 Å². The van der Waals surface area contributed by atoms with E-state index in [9.17, 15) is 24.3 Å². The molecule has 2 N–H and O–H groups in total. The van der Waals surface area contributed by atoms with Crippen molar-refractivity contribution in [2.24, 2.45) is 5.92 Å². The standard InChI is InChI=1S/C31H39N3O7Si/c1-5-13-34-25-12-11-23(33-15-17-40-30(33)38)18-24(25)31(29(34)37)21(2)28(42(3,4)39)26(41-31)19-27(36)32(14-16-35)20-22-9-7-6-8-10-22/h5-12,18,21,26,28,35,39H,1,13-17,19-20H2,2-4H3/t21-,26+,28-,31+/m1/s1. The van der Waals surface area contributed by atoms with Crippen LogP contribution in [-0.4, -0.2) is 80.0 Å². The molecule has 11 heteroatoms. The number of amides is 3. The number of ether oxygens (including phenoxy) is 2. The Labute approximate surface area is 247 Å². The van der Waals surface area contributed by atoms with Gasteiger partial charge in [-0.15, -0.1) is 6.58 Å². The summed E-state index contributed by atoms with van der Waals surface area (Å²) in [6, 6.07) is 14.9. The Morgan fingerprint density at radius 3 is 2.57 bits per heavy atom. The van der Waals surface area contributed by atoms with Gasteiger partial charge in [0.1, 0.15) is 6.61 Å². The van der Waals surface area contributed by atoms with Crippen LogP contribution in [0.2, 0.25) is 18.6 Å². The number of benzene rings is 2. The topological polar surface area (TPSA) is 120 Å². The lowest BCUT2D eigenvalue weighted by atomic mass is 9.82. The zero-order valence-corrected chi connectivity index (χ0v) is 25.4. The van der Waals surface area contributed by atoms with Crippen LogP contribution in [0.5, 0.6) is 0 Å². The van der Waals surface area contributed by atoms with Crippen LogP contribution in [0.15, 0.2) is 61.2 Å². The lowest BCUT2D eigenvalue weighted by molar-refractivity contribution is -0.149. The molecular formula is C31H39N3O7Si. The highest BCUT2D eigenvalue weighted by Gasteiger charge is 2.66. The third-order valence-electron chi connectivity index (χ3n) is 8.67. The number of fused-ring (bicyclic) bond motifs is 2. The molecule has 3 heterocycles. The van der Waals surface area contributed by atoms with Crippen LogP contribution in [0.4, 0.5) is 16.2 Å². The van der Waals surface area contributed by atoms with Gasteiger partial charge in [0.05, 0.1) is 31.4 Å². The number of nitrogens with zero attached hydrogens (tertiary/aromatic N) is 3. The third kappa shape index (κ3) is 5.15. The van der Waals surface area contributed by atoms with Gasteiger partial charge in [-0.25, -0.2) is 4.79 Å². The van der Waals surface area contributed by atoms with E-state index in [2.05, 4.69) is 6.58 Å². The minimum Gasteiger partial charge on any atom is -0.447 e. The summed E-state index contributed by atoms with van der Waals surface area (Å²) in [5, 5.41) is 9.72. The number of anilines is 2. The molecule has 2 aromatic carbocycles. The summed E-state index contributed by atoms with van der Waals surface area (Å²) in [7, 11) is -3.00. The number of aliphatic hydroxyl groups is 1. The van der Waals surface area contributed by atoms with Gasteiger partial charge in [0, 0.05) is 42.3 Å². The first-order chi connectivity index (χ1) is 20.0. The van der Waals surface area contributed by atoms with Gasteiger partial charge in [-0.3, -0.25) is 14.5 Å². The zero-order valence-electron chi connectivity index (χ0n) is 24.4. The lowest BCUT2D eigenvalue weighted by Crippen LogP contribution is -2.46. The molecule has 3 aliphatic heterocycles. The van der Waals surface area contributed by atoms with Crippen LogP contribution >= 0.6 is 0 Å². The number of hydrogen-bond donors (Lipinski definition) is 2. The molecule has 3 aliphatic rings. The summed E-state index contributed by atoms with van der Waals surface area (Å²) in [4.78, 5) is 56.7. The summed E-state index contributed by atoms with van der Waals surface area (Å²) in [6.45, 7) is 10.5. The van der Waals surface area contributed by atoms with E-state index in [0.717, 1.165) is 5.56 Å². The second-order valence-electron chi connectivity index (χ2n) is 11.8. The van der Waals surface area contributed by atoms with Crippen molar-refractivity contribution in [3.8, 4) is 0 Å². The first-order valence-corrected chi connectivity index (χ1v) is 17.4. The molecule has 0 unspecified atom stereocenters. The molecular weight excluding hydrogens is 554 g/mol. The maximum Gasteiger partial charge on any atom is 0.414 e. The predicted octanol–water partition coefficient (Wildman–Crippen LogP) is 3.38. The Bertz CT molecular complexity index is 1360. The van der Waals surface area contributed by atoms with Gasteiger partial charge in [-0.05, 0) is 36.9 Å². The van der Waals surface area contributed by atoms with E-state index in [1.54, 1.807) is 34.1 Å². The quantitative estimate of drug-likeness (QED) is 0.320.